The fraction of sp³-hybridized carbons (Fsp3) is 1.00. The van der Waals surface area contributed by atoms with Gasteiger partial charge < -0.3 is 15.5 Å². The summed E-state index contributed by atoms with van der Waals surface area (Å²) < 4.78 is 0. The van der Waals surface area contributed by atoms with Crippen LogP contribution >= 0.6 is 0 Å². The Morgan fingerprint density at radius 2 is 1.47 bits per heavy atom. The van der Waals surface area contributed by atoms with Crippen molar-refractivity contribution in [3.8, 4) is 0 Å². The van der Waals surface area contributed by atoms with E-state index in [9.17, 15) is 0 Å². The number of hydrogen-bond donors (Lipinski definition) is 1. The van der Waals surface area contributed by atoms with Gasteiger partial charge in [-0.15, -0.1) is 0 Å². The summed E-state index contributed by atoms with van der Waals surface area (Å²) >= 11 is 0. The van der Waals surface area contributed by atoms with Crippen LogP contribution in [-0.4, -0.2) is 55.1 Å². The zero-order valence-electron chi connectivity index (χ0n) is 12.4. The van der Waals surface area contributed by atoms with E-state index in [1.807, 2.05) is 0 Å². The maximum absolute atomic E-state index is 6.04. The average Bonchev–Trinajstić information content (AvgIpc) is 2.19. The molecule has 0 aromatic heterocycles. The summed E-state index contributed by atoms with van der Waals surface area (Å²) in [7, 11) is 0. The highest BCUT2D eigenvalue weighted by atomic mass is 15.3. The van der Waals surface area contributed by atoms with Crippen molar-refractivity contribution in [1.29, 1.82) is 0 Å². The molecule has 0 amide bonds. The van der Waals surface area contributed by atoms with E-state index in [1.165, 1.54) is 32.7 Å². The summed E-state index contributed by atoms with van der Waals surface area (Å²) in [5, 5.41) is 0. The summed E-state index contributed by atoms with van der Waals surface area (Å²) in [5.41, 5.74) is 6.27. The molecule has 1 heterocycles. The first-order chi connectivity index (χ1) is 7.81. The minimum absolute atomic E-state index is 0.222. The second kappa shape index (κ2) is 6.17. The van der Waals surface area contributed by atoms with Gasteiger partial charge in [0.1, 0.15) is 0 Å². The van der Waals surface area contributed by atoms with Crippen molar-refractivity contribution in [3.05, 3.63) is 0 Å². The van der Waals surface area contributed by atoms with E-state index >= 15 is 0 Å². The lowest BCUT2D eigenvalue weighted by molar-refractivity contribution is 0.0834. The zero-order chi connectivity index (χ0) is 13.1. The van der Waals surface area contributed by atoms with Crippen LogP contribution < -0.4 is 5.73 Å². The molecule has 1 atom stereocenters. The molecule has 1 unspecified atom stereocenters. The third-order valence-electron chi connectivity index (χ3n) is 3.95. The summed E-state index contributed by atoms with van der Waals surface area (Å²) in [4.78, 5) is 5.15. The summed E-state index contributed by atoms with van der Waals surface area (Å²) in [6.45, 7) is 18.5. The Bertz CT molecular complexity index is 216. The molecule has 17 heavy (non-hydrogen) atoms. The van der Waals surface area contributed by atoms with E-state index in [1.54, 1.807) is 0 Å². The quantitative estimate of drug-likeness (QED) is 0.794. The fourth-order valence-electron chi connectivity index (χ4n) is 2.37. The van der Waals surface area contributed by atoms with Crippen LogP contribution in [0.3, 0.4) is 0 Å². The van der Waals surface area contributed by atoms with Crippen molar-refractivity contribution in [2.45, 2.75) is 40.7 Å². The lowest BCUT2D eigenvalue weighted by Crippen LogP contribution is -2.52. The van der Waals surface area contributed by atoms with Crippen molar-refractivity contribution in [1.82, 2.24) is 9.80 Å². The normalized spacial score (nSPS) is 22.1. The van der Waals surface area contributed by atoms with Crippen LogP contribution in [-0.2, 0) is 0 Å². The van der Waals surface area contributed by atoms with E-state index in [2.05, 4.69) is 44.4 Å². The van der Waals surface area contributed by atoms with Crippen LogP contribution in [0.25, 0.3) is 0 Å². The van der Waals surface area contributed by atoms with Gasteiger partial charge in [-0.2, -0.15) is 0 Å². The van der Waals surface area contributed by atoms with E-state index in [0.29, 0.717) is 0 Å². The number of hydrogen-bond acceptors (Lipinski definition) is 3. The predicted molar refractivity (Wildman–Crippen MR) is 75.1 cm³/mol. The molecule has 0 bridgehead atoms. The van der Waals surface area contributed by atoms with Crippen LogP contribution in [0, 0.1) is 11.3 Å². The van der Waals surface area contributed by atoms with Crippen molar-refractivity contribution in [2.24, 2.45) is 17.1 Å². The second-order valence-electron chi connectivity index (χ2n) is 6.75. The van der Waals surface area contributed by atoms with Gasteiger partial charge in [-0.25, -0.2) is 0 Å². The summed E-state index contributed by atoms with van der Waals surface area (Å²) in [5.74, 6) is 0.780. The molecule has 0 aliphatic carbocycles. The van der Waals surface area contributed by atoms with Crippen LogP contribution in [0.1, 0.15) is 34.6 Å². The SMILES string of the molecule is CC(C)CN1CCN(CC(C)(C)C(C)N)CC1. The number of piperazine rings is 1. The van der Waals surface area contributed by atoms with E-state index < -0.39 is 0 Å². The van der Waals surface area contributed by atoms with Gasteiger partial charge in [-0.05, 0) is 18.3 Å². The average molecular weight is 241 g/mol. The molecule has 0 radical (unpaired) electrons. The van der Waals surface area contributed by atoms with Crippen LogP contribution in [0.4, 0.5) is 0 Å². The topological polar surface area (TPSA) is 32.5 Å². The Morgan fingerprint density at radius 3 is 1.88 bits per heavy atom. The maximum atomic E-state index is 6.04. The lowest BCUT2D eigenvalue weighted by Gasteiger charge is -2.40. The van der Waals surface area contributed by atoms with Crippen molar-refractivity contribution < 1.29 is 0 Å². The molecular formula is C14H31N3. The summed E-state index contributed by atoms with van der Waals surface area (Å²) in [6.07, 6.45) is 0. The van der Waals surface area contributed by atoms with E-state index in [0.717, 1.165) is 12.5 Å². The maximum Gasteiger partial charge on any atom is 0.0110 e. The Morgan fingerprint density at radius 1 is 1.00 bits per heavy atom. The lowest BCUT2D eigenvalue weighted by atomic mass is 9.85. The molecule has 0 aromatic rings. The van der Waals surface area contributed by atoms with Crippen LogP contribution in [0.2, 0.25) is 0 Å². The molecule has 2 N–H and O–H groups in total. The van der Waals surface area contributed by atoms with E-state index in [4.69, 9.17) is 5.73 Å². The fourth-order valence-corrected chi connectivity index (χ4v) is 2.37. The summed E-state index contributed by atoms with van der Waals surface area (Å²) in [6, 6.07) is 0.260. The zero-order valence-corrected chi connectivity index (χ0v) is 12.4. The molecule has 1 saturated heterocycles. The second-order valence-corrected chi connectivity index (χ2v) is 6.75. The number of nitrogens with zero attached hydrogens (tertiary/aromatic N) is 2. The standard InChI is InChI=1S/C14H31N3/c1-12(2)10-16-6-8-17(9-7-16)11-14(4,5)13(3)15/h12-13H,6-11,15H2,1-5H3. The van der Waals surface area contributed by atoms with E-state index in [-0.39, 0.29) is 11.5 Å². The van der Waals surface area contributed by atoms with Crippen molar-refractivity contribution in [3.63, 3.8) is 0 Å². The molecule has 1 aliphatic heterocycles. The highest BCUT2D eigenvalue weighted by Crippen LogP contribution is 2.21. The third kappa shape index (κ3) is 4.94. The molecule has 102 valence electrons. The molecule has 1 fully saturated rings. The van der Waals surface area contributed by atoms with Crippen LogP contribution in [0.5, 0.6) is 0 Å². The van der Waals surface area contributed by atoms with Gasteiger partial charge in [0.2, 0.25) is 0 Å². The highest BCUT2D eigenvalue weighted by Gasteiger charge is 2.27. The molecule has 3 heteroatoms. The van der Waals surface area contributed by atoms with Gasteiger partial charge >= 0.3 is 0 Å². The van der Waals surface area contributed by atoms with Crippen molar-refractivity contribution >= 4 is 0 Å². The van der Waals surface area contributed by atoms with Crippen LogP contribution in [0.15, 0.2) is 0 Å². The smallest absolute Gasteiger partial charge is 0.0110 e. The Labute approximate surface area is 107 Å². The van der Waals surface area contributed by atoms with Gasteiger partial charge in [-0.3, -0.25) is 0 Å². The first kappa shape index (κ1) is 14.9. The van der Waals surface area contributed by atoms with Gasteiger partial charge in [0.05, 0.1) is 0 Å². The molecule has 0 spiro atoms. The molecule has 1 rings (SSSR count). The molecule has 0 saturated carbocycles. The first-order valence-corrected chi connectivity index (χ1v) is 7.01. The molecule has 1 aliphatic rings. The first-order valence-electron chi connectivity index (χ1n) is 7.01. The van der Waals surface area contributed by atoms with Gasteiger partial charge in [0.15, 0.2) is 0 Å². The molecule has 3 nitrogen and oxygen atoms in total. The van der Waals surface area contributed by atoms with Gasteiger partial charge in [0, 0.05) is 45.3 Å². The molecule has 0 aromatic carbocycles. The number of nitrogens with two attached hydrogens (primary N) is 1. The minimum Gasteiger partial charge on any atom is -0.327 e. The number of rotatable bonds is 5. The minimum atomic E-state index is 0.222. The van der Waals surface area contributed by atoms with Gasteiger partial charge in [-0.1, -0.05) is 27.7 Å². The van der Waals surface area contributed by atoms with Gasteiger partial charge in [0.25, 0.3) is 0 Å². The van der Waals surface area contributed by atoms with Crippen molar-refractivity contribution in [2.75, 3.05) is 39.3 Å². The Hall–Kier alpha value is -0.120. The third-order valence-corrected chi connectivity index (χ3v) is 3.95. The predicted octanol–water partition coefficient (Wildman–Crippen LogP) is 1.63. The Kier molecular flexibility index (Phi) is 5.42. The highest BCUT2D eigenvalue weighted by molar-refractivity contribution is 4.83. The monoisotopic (exact) mass is 241 g/mol. The largest absolute Gasteiger partial charge is 0.327 e. The molecular weight excluding hydrogens is 210 g/mol. The Balaban J connectivity index is 2.32.